The molecule has 0 atom stereocenters. The topological polar surface area (TPSA) is 144 Å². The van der Waals surface area contributed by atoms with Gasteiger partial charge in [0.1, 0.15) is 21.9 Å². The average Bonchev–Trinajstić information content (AvgIpc) is 2.93. The smallest absolute Gasteiger partial charge is 0.407 e. The number of anilines is 2. The van der Waals surface area contributed by atoms with Gasteiger partial charge in [0.25, 0.3) is 10.0 Å². The number of carbonyl (C=O) groups excluding carboxylic acids is 1. The number of ether oxygens (including phenoxy) is 2. The normalized spacial score (nSPS) is 17.5. The summed E-state index contributed by atoms with van der Waals surface area (Å²) >= 11 is 6.05. The van der Waals surface area contributed by atoms with Gasteiger partial charge in [-0.25, -0.2) is 23.2 Å². The number of alkyl carbamates (subject to hydrolysis) is 1. The van der Waals surface area contributed by atoms with Crippen molar-refractivity contribution in [3.8, 4) is 5.75 Å². The Bertz CT molecular complexity index is 1520. The van der Waals surface area contributed by atoms with Crippen LogP contribution in [0.1, 0.15) is 57.7 Å². The lowest BCUT2D eigenvalue weighted by Gasteiger charge is -2.30. The summed E-state index contributed by atoms with van der Waals surface area (Å²) in [6.45, 7) is 5.54. The number of halogens is 1. The second kappa shape index (κ2) is 13.4. The molecule has 4 rings (SSSR count). The molecular formula is C29H35ClN6O5S. The van der Waals surface area contributed by atoms with E-state index in [2.05, 4.69) is 30.3 Å². The third-order valence-electron chi connectivity index (χ3n) is 6.37. The van der Waals surface area contributed by atoms with Crippen molar-refractivity contribution in [2.45, 2.75) is 69.0 Å². The standard InChI is InChI=1S/C29H35ClN6O5S/c1-29(2,3)41-28(37)35-21-12-10-20(11-13-21)34-27-32-16-19(17-33-27)9-14-24-25(40-4)15-22(18-31-24)36-42(38,39)26-8-6-5-7-23(26)30/h5-9,14-18,20-21,36H,10-13H2,1-4H3,(H,35,37)(H,32,33,34)/b14-9+. The van der Waals surface area contributed by atoms with E-state index >= 15 is 0 Å². The predicted octanol–water partition coefficient (Wildman–Crippen LogP) is 5.75. The first-order valence-electron chi connectivity index (χ1n) is 13.5. The number of hydrogen-bond acceptors (Lipinski definition) is 9. The zero-order chi connectivity index (χ0) is 30.3. The summed E-state index contributed by atoms with van der Waals surface area (Å²) in [5, 5.41) is 6.43. The minimum Gasteiger partial charge on any atom is -0.494 e. The molecule has 1 saturated carbocycles. The number of hydrogen-bond donors (Lipinski definition) is 3. The molecule has 0 saturated heterocycles. The van der Waals surface area contributed by atoms with Gasteiger partial charge in [-0.05, 0) is 70.7 Å². The number of carbonyl (C=O) groups is 1. The highest BCUT2D eigenvalue weighted by molar-refractivity contribution is 7.92. The second-order valence-corrected chi connectivity index (χ2v) is 12.9. The molecule has 1 amide bonds. The fourth-order valence-electron chi connectivity index (χ4n) is 4.39. The second-order valence-electron chi connectivity index (χ2n) is 10.9. The number of nitrogens with zero attached hydrogens (tertiary/aromatic N) is 3. The Morgan fingerprint density at radius 3 is 2.31 bits per heavy atom. The summed E-state index contributed by atoms with van der Waals surface area (Å²) < 4.78 is 38.7. The zero-order valence-corrected chi connectivity index (χ0v) is 25.5. The maximum atomic E-state index is 12.7. The van der Waals surface area contributed by atoms with Crippen molar-refractivity contribution in [3.63, 3.8) is 0 Å². The van der Waals surface area contributed by atoms with E-state index in [0.717, 1.165) is 31.2 Å². The van der Waals surface area contributed by atoms with Crippen LogP contribution in [-0.4, -0.2) is 54.3 Å². The molecule has 11 nitrogen and oxygen atoms in total. The highest BCUT2D eigenvalue weighted by atomic mass is 35.5. The number of aromatic nitrogens is 3. The third kappa shape index (κ3) is 8.80. The van der Waals surface area contributed by atoms with Gasteiger partial charge in [-0.2, -0.15) is 0 Å². The van der Waals surface area contributed by atoms with Crippen molar-refractivity contribution in [2.75, 3.05) is 17.1 Å². The molecule has 0 radical (unpaired) electrons. The molecule has 2 aromatic heterocycles. The van der Waals surface area contributed by atoms with Crippen molar-refractivity contribution < 1.29 is 22.7 Å². The van der Waals surface area contributed by atoms with Gasteiger partial charge < -0.3 is 20.1 Å². The van der Waals surface area contributed by atoms with Crippen molar-refractivity contribution >= 4 is 51.5 Å². The Labute approximate surface area is 251 Å². The molecule has 1 aromatic carbocycles. The quantitative estimate of drug-likeness (QED) is 0.274. The molecular weight excluding hydrogens is 580 g/mol. The molecule has 0 unspecified atom stereocenters. The highest BCUT2D eigenvalue weighted by Gasteiger charge is 2.25. The molecule has 2 heterocycles. The average molecular weight is 615 g/mol. The van der Waals surface area contributed by atoms with Crippen LogP contribution >= 0.6 is 11.6 Å². The molecule has 0 bridgehead atoms. The van der Waals surface area contributed by atoms with Crippen LogP contribution in [0.5, 0.6) is 5.75 Å². The first-order chi connectivity index (χ1) is 19.9. The van der Waals surface area contributed by atoms with Crippen LogP contribution in [0.3, 0.4) is 0 Å². The number of amides is 1. The lowest BCUT2D eigenvalue weighted by atomic mass is 9.91. The van der Waals surface area contributed by atoms with Crippen molar-refractivity contribution in [2.24, 2.45) is 0 Å². The molecule has 1 aliphatic rings. The summed E-state index contributed by atoms with van der Waals surface area (Å²) in [6.07, 6.45) is 11.4. The van der Waals surface area contributed by atoms with Crippen LogP contribution in [0.4, 0.5) is 16.4 Å². The molecule has 0 spiro atoms. The first kappa shape index (κ1) is 31.0. The zero-order valence-electron chi connectivity index (χ0n) is 23.9. The maximum Gasteiger partial charge on any atom is 0.407 e. The van der Waals surface area contributed by atoms with E-state index in [9.17, 15) is 13.2 Å². The molecule has 224 valence electrons. The lowest BCUT2D eigenvalue weighted by Crippen LogP contribution is -2.42. The van der Waals surface area contributed by atoms with Gasteiger partial charge in [-0.1, -0.05) is 23.7 Å². The molecule has 13 heteroatoms. The predicted molar refractivity (Wildman–Crippen MR) is 163 cm³/mol. The van der Waals surface area contributed by atoms with E-state index in [1.165, 1.54) is 25.4 Å². The largest absolute Gasteiger partial charge is 0.494 e. The van der Waals surface area contributed by atoms with Crippen molar-refractivity contribution in [1.82, 2.24) is 20.3 Å². The Kier molecular flexibility index (Phi) is 9.89. The van der Waals surface area contributed by atoms with Gasteiger partial charge in [0.15, 0.2) is 0 Å². The number of nitrogens with one attached hydrogen (secondary N) is 3. The minimum atomic E-state index is -3.91. The fraction of sp³-hybridized carbons (Fsp3) is 0.379. The molecule has 3 N–H and O–H groups in total. The van der Waals surface area contributed by atoms with Crippen LogP contribution in [0.15, 0.2) is 53.8 Å². The van der Waals surface area contributed by atoms with Crippen LogP contribution in [-0.2, 0) is 14.8 Å². The van der Waals surface area contributed by atoms with Gasteiger partial charge in [-0.15, -0.1) is 0 Å². The van der Waals surface area contributed by atoms with Gasteiger partial charge in [-0.3, -0.25) is 9.71 Å². The number of pyridine rings is 1. The van der Waals surface area contributed by atoms with E-state index in [0.29, 0.717) is 17.4 Å². The molecule has 42 heavy (non-hydrogen) atoms. The lowest BCUT2D eigenvalue weighted by molar-refractivity contribution is 0.0492. The van der Waals surface area contributed by atoms with Crippen LogP contribution in [0.25, 0.3) is 12.2 Å². The Hall–Kier alpha value is -3.90. The van der Waals surface area contributed by atoms with Crippen LogP contribution in [0.2, 0.25) is 5.02 Å². The van der Waals surface area contributed by atoms with Gasteiger partial charge in [0.05, 0.1) is 24.0 Å². The maximum absolute atomic E-state index is 12.7. The molecule has 1 fully saturated rings. The first-order valence-corrected chi connectivity index (χ1v) is 15.4. The number of methoxy groups -OCH3 is 1. The van der Waals surface area contributed by atoms with E-state index in [1.807, 2.05) is 20.8 Å². The van der Waals surface area contributed by atoms with Gasteiger partial charge in [0.2, 0.25) is 5.95 Å². The van der Waals surface area contributed by atoms with E-state index in [1.54, 1.807) is 42.7 Å². The van der Waals surface area contributed by atoms with Gasteiger partial charge in [0, 0.05) is 36.1 Å². The van der Waals surface area contributed by atoms with Crippen LogP contribution in [0, 0.1) is 0 Å². The summed E-state index contributed by atoms with van der Waals surface area (Å²) in [7, 11) is -2.43. The fourth-order valence-corrected chi connectivity index (χ4v) is 5.94. The summed E-state index contributed by atoms with van der Waals surface area (Å²) in [6, 6.07) is 8.03. The Balaban J connectivity index is 1.31. The van der Waals surface area contributed by atoms with Crippen molar-refractivity contribution in [3.05, 3.63) is 65.2 Å². The van der Waals surface area contributed by atoms with E-state index < -0.39 is 15.6 Å². The summed E-state index contributed by atoms with van der Waals surface area (Å²) in [5.41, 5.74) is 0.961. The molecule has 1 aliphatic carbocycles. The SMILES string of the molecule is COc1cc(NS(=O)(=O)c2ccccc2Cl)cnc1/C=C/c1cnc(NC2CCC(NC(=O)OC(C)(C)C)CC2)nc1. The van der Waals surface area contributed by atoms with Crippen molar-refractivity contribution in [1.29, 1.82) is 0 Å². The molecule has 3 aromatic rings. The summed E-state index contributed by atoms with van der Waals surface area (Å²) in [5.74, 6) is 0.906. The number of rotatable bonds is 9. The Morgan fingerprint density at radius 2 is 1.67 bits per heavy atom. The van der Waals surface area contributed by atoms with Gasteiger partial charge >= 0.3 is 6.09 Å². The monoisotopic (exact) mass is 614 g/mol. The number of sulfonamides is 1. The Morgan fingerprint density at radius 1 is 1.00 bits per heavy atom. The highest BCUT2D eigenvalue weighted by Crippen LogP contribution is 2.27. The van der Waals surface area contributed by atoms with Crippen LogP contribution < -0.4 is 20.1 Å². The molecule has 0 aliphatic heterocycles. The third-order valence-corrected chi connectivity index (χ3v) is 8.25. The van der Waals surface area contributed by atoms with E-state index in [4.69, 9.17) is 21.1 Å². The number of benzene rings is 1. The minimum absolute atomic E-state index is 0.0320. The van der Waals surface area contributed by atoms with E-state index in [-0.39, 0.29) is 33.8 Å². The summed E-state index contributed by atoms with van der Waals surface area (Å²) in [4.78, 5) is 25.2.